The Morgan fingerprint density at radius 1 is 0.500 bits per heavy atom. The summed E-state index contributed by atoms with van der Waals surface area (Å²) in [6.45, 7) is 4.03. The van der Waals surface area contributed by atoms with Crippen LogP contribution >= 0.6 is 0 Å². The van der Waals surface area contributed by atoms with Crippen LogP contribution in [0.25, 0.3) is 0 Å². The molecule has 0 aliphatic heterocycles. The van der Waals surface area contributed by atoms with Crippen LogP contribution in [0.5, 0.6) is 0 Å². The first-order valence-corrected chi connectivity index (χ1v) is 18.4. The Labute approximate surface area is 260 Å². The molecule has 0 radical (unpaired) electrons. The minimum absolute atomic E-state index is 0.374. The number of hydrogen-bond acceptors (Lipinski definition) is 5. The Morgan fingerprint density at radius 2 is 0.810 bits per heavy atom. The summed E-state index contributed by atoms with van der Waals surface area (Å²) in [6, 6.07) is -0.976. The highest BCUT2D eigenvalue weighted by atomic mass is 16.3. The van der Waals surface area contributed by atoms with Crippen molar-refractivity contribution in [1.29, 1.82) is 0 Å². The van der Waals surface area contributed by atoms with E-state index in [2.05, 4.69) is 19.2 Å². The van der Waals surface area contributed by atoms with Gasteiger partial charge in [-0.15, -0.1) is 0 Å². The minimum atomic E-state index is -1.25. The lowest BCUT2D eigenvalue weighted by Crippen LogP contribution is -2.53. The number of nitrogens with one attached hydrogen (secondary N) is 1. The van der Waals surface area contributed by atoms with E-state index in [1.54, 1.807) is 0 Å². The van der Waals surface area contributed by atoms with Gasteiger partial charge in [0.25, 0.3) is 0 Å². The number of hydrogen-bond donors (Lipinski definition) is 5. The van der Waals surface area contributed by atoms with Gasteiger partial charge in [-0.1, -0.05) is 181 Å². The third kappa shape index (κ3) is 25.8. The van der Waals surface area contributed by atoms with Crippen LogP contribution in [0.2, 0.25) is 0 Å². The highest BCUT2D eigenvalue weighted by molar-refractivity contribution is 5.80. The summed E-state index contributed by atoms with van der Waals surface area (Å²) in [7, 11) is 0. The summed E-state index contributed by atoms with van der Waals surface area (Å²) >= 11 is 0. The van der Waals surface area contributed by atoms with Gasteiger partial charge >= 0.3 is 0 Å². The third-order valence-electron chi connectivity index (χ3n) is 8.82. The lowest BCUT2D eigenvalue weighted by Gasteiger charge is -2.27. The van der Waals surface area contributed by atoms with Crippen molar-refractivity contribution < 1.29 is 25.2 Å². The molecule has 0 bridgehead atoms. The number of aliphatic hydroxyl groups is 4. The molecule has 0 aliphatic rings. The molecule has 6 heteroatoms. The largest absolute Gasteiger partial charge is 0.394 e. The lowest BCUT2D eigenvalue weighted by molar-refractivity contribution is -0.132. The van der Waals surface area contributed by atoms with Crippen molar-refractivity contribution in [3.63, 3.8) is 0 Å². The maximum Gasteiger partial charge on any atom is 0.249 e. The molecule has 2 unspecified atom stereocenters. The maximum absolute atomic E-state index is 12.4. The second-order valence-electron chi connectivity index (χ2n) is 12.9. The van der Waals surface area contributed by atoms with Gasteiger partial charge in [-0.2, -0.15) is 0 Å². The van der Waals surface area contributed by atoms with Crippen molar-refractivity contribution in [2.75, 3.05) is 6.61 Å². The fourth-order valence-electron chi connectivity index (χ4n) is 5.81. The zero-order chi connectivity index (χ0) is 31.1. The number of rotatable bonds is 33. The maximum atomic E-state index is 12.4. The van der Waals surface area contributed by atoms with E-state index >= 15 is 0 Å². The topological polar surface area (TPSA) is 110 Å². The van der Waals surface area contributed by atoms with E-state index in [1.165, 1.54) is 128 Å². The van der Waals surface area contributed by atoms with Crippen LogP contribution in [0, 0.1) is 0 Å². The van der Waals surface area contributed by atoms with Gasteiger partial charge in [0, 0.05) is 0 Å². The highest BCUT2D eigenvalue weighted by Gasteiger charge is 2.28. The first-order chi connectivity index (χ1) is 20.5. The van der Waals surface area contributed by atoms with Crippen molar-refractivity contribution in [2.24, 2.45) is 0 Å². The van der Waals surface area contributed by atoms with Gasteiger partial charge in [-0.05, 0) is 12.8 Å². The zero-order valence-electron chi connectivity index (χ0n) is 28.0. The van der Waals surface area contributed by atoms with Crippen molar-refractivity contribution in [2.45, 2.75) is 218 Å². The van der Waals surface area contributed by atoms with Crippen LogP contribution in [0.4, 0.5) is 0 Å². The smallest absolute Gasteiger partial charge is 0.249 e. The van der Waals surface area contributed by atoms with Gasteiger partial charge in [-0.25, -0.2) is 0 Å². The van der Waals surface area contributed by atoms with Crippen LogP contribution in [0.15, 0.2) is 0 Å². The minimum Gasteiger partial charge on any atom is -0.394 e. The van der Waals surface area contributed by atoms with Crippen LogP contribution in [-0.4, -0.2) is 57.3 Å². The van der Waals surface area contributed by atoms with Crippen molar-refractivity contribution >= 4 is 5.91 Å². The van der Waals surface area contributed by atoms with E-state index < -0.39 is 36.9 Å². The summed E-state index contributed by atoms with van der Waals surface area (Å²) in [5.41, 5.74) is 0. The third-order valence-corrected chi connectivity index (χ3v) is 8.82. The summed E-state index contributed by atoms with van der Waals surface area (Å²) in [5.74, 6) is -0.583. The standard InChI is InChI=1S/C36H73NO5/c1-3-5-7-9-11-13-15-17-18-20-21-23-25-27-29-33(39)35(41)32(31-38)37-36(42)34(40)30-28-26-24-22-19-16-14-12-10-8-6-4-2/h32-35,38-41H,3-31H2,1-2H3,(H,37,42)/t32-,33?,34?,35+/m1/s1. The predicted octanol–water partition coefficient (Wildman–Crippen LogP) is 8.51. The first kappa shape index (κ1) is 41.3. The molecule has 4 atom stereocenters. The van der Waals surface area contributed by atoms with Crippen molar-refractivity contribution in [3.05, 3.63) is 0 Å². The highest BCUT2D eigenvalue weighted by Crippen LogP contribution is 2.16. The average molecular weight is 600 g/mol. The Kier molecular flexibility index (Phi) is 31.2. The second-order valence-corrected chi connectivity index (χ2v) is 12.9. The molecule has 6 nitrogen and oxygen atoms in total. The predicted molar refractivity (Wildman–Crippen MR) is 178 cm³/mol. The molecule has 42 heavy (non-hydrogen) atoms. The molecule has 0 aromatic rings. The summed E-state index contributed by atoms with van der Waals surface area (Å²) < 4.78 is 0. The molecule has 5 N–H and O–H groups in total. The molecule has 0 aromatic heterocycles. The fourth-order valence-corrected chi connectivity index (χ4v) is 5.81. The SMILES string of the molecule is CCCCCCCCCCCCCCCCC(O)[C@@H](O)[C@@H](CO)NC(=O)C(O)CCCCCCCCCCCCCC. The summed E-state index contributed by atoms with van der Waals surface area (Å²) in [6.07, 6.45) is 29.7. The monoisotopic (exact) mass is 600 g/mol. The van der Waals surface area contributed by atoms with E-state index in [4.69, 9.17) is 0 Å². The molecule has 0 heterocycles. The van der Waals surface area contributed by atoms with Gasteiger partial charge in [0.1, 0.15) is 12.2 Å². The molecule has 0 saturated carbocycles. The van der Waals surface area contributed by atoms with E-state index in [0.29, 0.717) is 12.8 Å². The van der Waals surface area contributed by atoms with E-state index in [1.807, 2.05) is 0 Å². The van der Waals surface area contributed by atoms with Gasteiger partial charge in [0.05, 0.1) is 18.8 Å². The Bertz CT molecular complexity index is 561. The first-order valence-electron chi connectivity index (χ1n) is 18.4. The molecule has 1 amide bonds. The molecule has 0 saturated heterocycles. The average Bonchev–Trinajstić information content (AvgIpc) is 2.99. The normalized spacial score (nSPS) is 14.5. The molecular formula is C36H73NO5. The molecule has 0 spiro atoms. The van der Waals surface area contributed by atoms with Gasteiger partial charge < -0.3 is 25.7 Å². The number of amides is 1. The summed E-state index contributed by atoms with van der Waals surface area (Å²) in [4.78, 5) is 12.4. The molecule has 0 rings (SSSR count). The van der Waals surface area contributed by atoms with Gasteiger partial charge in [0.15, 0.2) is 0 Å². The number of carbonyl (C=O) groups is 1. The molecular weight excluding hydrogens is 526 g/mol. The Balaban J connectivity index is 3.80. The number of carbonyl (C=O) groups excluding carboxylic acids is 1. The molecule has 252 valence electrons. The zero-order valence-corrected chi connectivity index (χ0v) is 28.0. The quantitative estimate of drug-likeness (QED) is 0.0486. The fraction of sp³-hybridized carbons (Fsp3) is 0.972. The van der Waals surface area contributed by atoms with Crippen LogP contribution in [0.1, 0.15) is 194 Å². The molecule has 0 aromatic carbocycles. The molecule has 0 aliphatic carbocycles. The van der Waals surface area contributed by atoms with E-state index in [-0.39, 0.29) is 0 Å². The lowest BCUT2D eigenvalue weighted by atomic mass is 9.99. The van der Waals surface area contributed by atoms with E-state index in [0.717, 1.165) is 38.5 Å². The van der Waals surface area contributed by atoms with E-state index in [9.17, 15) is 25.2 Å². The number of aliphatic hydroxyl groups excluding tert-OH is 4. The van der Waals surface area contributed by atoms with Gasteiger partial charge in [0.2, 0.25) is 5.91 Å². The summed E-state index contributed by atoms with van der Waals surface area (Å²) in [5, 5.41) is 43.4. The molecule has 0 fully saturated rings. The Morgan fingerprint density at radius 3 is 1.14 bits per heavy atom. The number of unbranched alkanes of at least 4 members (excludes halogenated alkanes) is 24. The van der Waals surface area contributed by atoms with Crippen LogP contribution in [0.3, 0.4) is 0 Å². The van der Waals surface area contributed by atoms with Gasteiger partial charge in [-0.3, -0.25) is 4.79 Å². The van der Waals surface area contributed by atoms with Crippen LogP contribution in [-0.2, 0) is 4.79 Å². The van der Waals surface area contributed by atoms with Crippen molar-refractivity contribution in [3.8, 4) is 0 Å². The Hall–Kier alpha value is -0.690. The van der Waals surface area contributed by atoms with Crippen LogP contribution < -0.4 is 5.32 Å². The van der Waals surface area contributed by atoms with Crippen molar-refractivity contribution in [1.82, 2.24) is 5.32 Å². The second kappa shape index (κ2) is 31.7.